The molecule has 0 spiro atoms. The summed E-state index contributed by atoms with van der Waals surface area (Å²) in [6, 6.07) is 6.33. The molecule has 1 rings (SSSR count). The van der Waals surface area contributed by atoms with Gasteiger partial charge < -0.3 is 15.8 Å². The van der Waals surface area contributed by atoms with Crippen LogP contribution in [-0.4, -0.2) is 25.2 Å². The van der Waals surface area contributed by atoms with E-state index in [0.717, 1.165) is 0 Å². The van der Waals surface area contributed by atoms with Gasteiger partial charge in [-0.1, -0.05) is 32.0 Å². The number of nitrogens with two attached hydrogens (primary N) is 1. The molecule has 0 aliphatic rings. The molecule has 8 heteroatoms. The predicted molar refractivity (Wildman–Crippen MR) is 89.2 cm³/mol. The maximum absolute atomic E-state index is 12.3. The Kier molecular flexibility index (Phi) is 9.14. The number of hydrogen-bond acceptors (Lipinski definition) is 3. The first-order valence-electron chi connectivity index (χ1n) is 7.54. The van der Waals surface area contributed by atoms with Crippen molar-refractivity contribution in [2.45, 2.75) is 39.4 Å². The summed E-state index contributed by atoms with van der Waals surface area (Å²) in [5.41, 5.74) is 5.55. The predicted octanol–water partition coefficient (Wildman–Crippen LogP) is 3.43. The quantitative estimate of drug-likeness (QED) is 0.738. The number of rotatable bonds is 8. The van der Waals surface area contributed by atoms with E-state index in [1.54, 1.807) is 18.2 Å². The van der Waals surface area contributed by atoms with Crippen LogP contribution in [0.15, 0.2) is 24.3 Å². The van der Waals surface area contributed by atoms with E-state index in [1.807, 2.05) is 13.8 Å². The Morgan fingerprint density at radius 3 is 2.29 bits per heavy atom. The molecular formula is C16H24ClF3N2O2. The van der Waals surface area contributed by atoms with Gasteiger partial charge in [0.2, 0.25) is 5.91 Å². The van der Waals surface area contributed by atoms with E-state index in [9.17, 15) is 18.0 Å². The van der Waals surface area contributed by atoms with E-state index in [2.05, 4.69) is 5.32 Å². The number of para-hydroxylation sites is 1. The van der Waals surface area contributed by atoms with Crippen molar-refractivity contribution in [1.82, 2.24) is 5.32 Å². The van der Waals surface area contributed by atoms with Gasteiger partial charge in [0.25, 0.3) is 0 Å². The second-order valence-electron chi connectivity index (χ2n) is 5.39. The minimum absolute atomic E-state index is 0. The van der Waals surface area contributed by atoms with Gasteiger partial charge in [-0.15, -0.1) is 12.4 Å². The van der Waals surface area contributed by atoms with Gasteiger partial charge in [0.1, 0.15) is 5.75 Å². The molecule has 1 amide bonds. The molecule has 138 valence electrons. The summed E-state index contributed by atoms with van der Waals surface area (Å²) >= 11 is 0. The summed E-state index contributed by atoms with van der Waals surface area (Å²) in [5.74, 6) is -0.0907. The number of alkyl halides is 3. The largest absolute Gasteiger partial charge is 0.484 e. The van der Waals surface area contributed by atoms with Gasteiger partial charge in [0.15, 0.2) is 6.61 Å². The van der Waals surface area contributed by atoms with Crippen molar-refractivity contribution in [2.24, 2.45) is 11.1 Å². The molecule has 0 saturated heterocycles. The first-order valence-corrected chi connectivity index (χ1v) is 7.54. The summed E-state index contributed by atoms with van der Waals surface area (Å²) in [6.07, 6.45) is -3.22. The number of benzene rings is 1. The molecule has 1 aromatic carbocycles. The highest BCUT2D eigenvalue weighted by Crippen LogP contribution is 2.26. The first-order chi connectivity index (χ1) is 10.8. The van der Waals surface area contributed by atoms with Crippen LogP contribution in [0, 0.1) is 5.41 Å². The number of hydrogen-bond donors (Lipinski definition) is 2. The molecular weight excluding hydrogens is 345 g/mol. The second kappa shape index (κ2) is 9.74. The molecule has 3 N–H and O–H groups in total. The van der Waals surface area contributed by atoms with Crippen LogP contribution < -0.4 is 15.8 Å². The van der Waals surface area contributed by atoms with E-state index in [1.165, 1.54) is 6.07 Å². The highest BCUT2D eigenvalue weighted by atomic mass is 35.5. The van der Waals surface area contributed by atoms with Crippen molar-refractivity contribution in [3.05, 3.63) is 29.8 Å². The lowest BCUT2D eigenvalue weighted by Crippen LogP contribution is -2.45. The fourth-order valence-corrected chi connectivity index (χ4v) is 2.27. The van der Waals surface area contributed by atoms with Crippen molar-refractivity contribution in [2.75, 3.05) is 13.2 Å². The van der Waals surface area contributed by atoms with Crippen LogP contribution in [0.25, 0.3) is 0 Å². The third-order valence-electron chi connectivity index (χ3n) is 4.03. The van der Waals surface area contributed by atoms with Crippen LogP contribution in [0.4, 0.5) is 13.2 Å². The molecule has 0 aliphatic carbocycles. The number of amides is 1. The number of nitrogens with one attached hydrogen (secondary N) is 1. The molecule has 0 unspecified atom stereocenters. The smallest absolute Gasteiger partial charge is 0.422 e. The molecule has 0 saturated carbocycles. The van der Waals surface area contributed by atoms with Crippen LogP contribution in [0.1, 0.15) is 32.3 Å². The topological polar surface area (TPSA) is 64.4 Å². The minimum Gasteiger partial charge on any atom is -0.484 e. The van der Waals surface area contributed by atoms with Gasteiger partial charge in [-0.25, -0.2) is 0 Å². The molecule has 0 heterocycles. The summed E-state index contributed by atoms with van der Waals surface area (Å²) < 4.78 is 41.6. The van der Waals surface area contributed by atoms with Gasteiger partial charge in [0.05, 0.1) is 5.41 Å². The van der Waals surface area contributed by atoms with Crippen molar-refractivity contribution in [3.63, 3.8) is 0 Å². The Labute approximate surface area is 146 Å². The Morgan fingerprint density at radius 2 is 1.79 bits per heavy atom. The molecule has 0 bridgehead atoms. The molecule has 0 aliphatic heterocycles. The van der Waals surface area contributed by atoms with E-state index >= 15 is 0 Å². The minimum atomic E-state index is -4.41. The average molecular weight is 369 g/mol. The Hall–Kier alpha value is -1.47. The average Bonchev–Trinajstić information content (AvgIpc) is 2.53. The van der Waals surface area contributed by atoms with Gasteiger partial charge in [0, 0.05) is 18.7 Å². The van der Waals surface area contributed by atoms with Gasteiger partial charge in [-0.2, -0.15) is 13.2 Å². The maximum Gasteiger partial charge on any atom is 0.422 e. The summed E-state index contributed by atoms with van der Waals surface area (Å²) in [7, 11) is 0. The summed E-state index contributed by atoms with van der Waals surface area (Å²) in [4.78, 5) is 12.3. The molecule has 0 aromatic heterocycles. The normalized spacial score (nSPS) is 11.6. The lowest BCUT2D eigenvalue weighted by Gasteiger charge is -2.28. The van der Waals surface area contributed by atoms with E-state index in [0.29, 0.717) is 18.4 Å². The van der Waals surface area contributed by atoms with Crippen LogP contribution in [0.2, 0.25) is 0 Å². The van der Waals surface area contributed by atoms with Gasteiger partial charge in [-0.05, 0) is 18.9 Å². The van der Waals surface area contributed by atoms with E-state index < -0.39 is 18.2 Å². The fraction of sp³-hybridized carbons (Fsp3) is 0.562. The fourth-order valence-electron chi connectivity index (χ4n) is 2.27. The zero-order valence-corrected chi connectivity index (χ0v) is 14.6. The third-order valence-corrected chi connectivity index (χ3v) is 4.03. The lowest BCUT2D eigenvalue weighted by atomic mass is 9.81. The number of halogens is 4. The van der Waals surface area contributed by atoms with Gasteiger partial charge >= 0.3 is 6.18 Å². The molecule has 24 heavy (non-hydrogen) atoms. The highest BCUT2D eigenvalue weighted by molar-refractivity contribution is 5.85. The number of carbonyl (C=O) groups is 1. The summed E-state index contributed by atoms with van der Waals surface area (Å²) in [6.45, 7) is 2.72. The highest BCUT2D eigenvalue weighted by Gasteiger charge is 2.33. The molecule has 0 atom stereocenters. The van der Waals surface area contributed by atoms with E-state index in [-0.39, 0.29) is 37.2 Å². The number of ether oxygens (including phenoxy) is 1. The molecule has 0 radical (unpaired) electrons. The Balaban J connectivity index is 0.00000529. The SMILES string of the molecule is CCC(CC)(CN)C(=O)NCc1ccccc1OCC(F)(F)F.Cl. The lowest BCUT2D eigenvalue weighted by molar-refractivity contribution is -0.153. The first kappa shape index (κ1) is 22.5. The zero-order chi connectivity index (χ0) is 17.5. The van der Waals surface area contributed by atoms with Crippen LogP contribution >= 0.6 is 12.4 Å². The maximum atomic E-state index is 12.3. The van der Waals surface area contributed by atoms with Crippen LogP contribution in [0.3, 0.4) is 0 Å². The molecule has 0 fully saturated rings. The standard InChI is InChI=1S/C16H23F3N2O2.ClH/c1-3-15(4-2,10-20)14(22)21-9-12-7-5-6-8-13(12)23-11-16(17,18)19;/h5-8H,3-4,9-11,20H2,1-2H3,(H,21,22);1H. The zero-order valence-electron chi connectivity index (χ0n) is 13.8. The van der Waals surface area contributed by atoms with Crippen LogP contribution in [0.5, 0.6) is 5.75 Å². The second-order valence-corrected chi connectivity index (χ2v) is 5.39. The van der Waals surface area contributed by atoms with Crippen molar-refractivity contribution in [1.29, 1.82) is 0 Å². The van der Waals surface area contributed by atoms with Crippen molar-refractivity contribution in [3.8, 4) is 5.75 Å². The summed E-state index contributed by atoms with van der Waals surface area (Å²) in [5, 5.41) is 2.75. The van der Waals surface area contributed by atoms with Crippen LogP contribution in [-0.2, 0) is 11.3 Å². The molecule has 4 nitrogen and oxygen atoms in total. The van der Waals surface area contributed by atoms with E-state index in [4.69, 9.17) is 10.5 Å². The van der Waals surface area contributed by atoms with Gasteiger partial charge in [-0.3, -0.25) is 4.79 Å². The Morgan fingerprint density at radius 1 is 1.21 bits per heavy atom. The monoisotopic (exact) mass is 368 g/mol. The molecule has 1 aromatic rings. The van der Waals surface area contributed by atoms with Crippen molar-refractivity contribution < 1.29 is 22.7 Å². The van der Waals surface area contributed by atoms with Crippen molar-refractivity contribution >= 4 is 18.3 Å². The Bertz CT molecular complexity index is 512. The number of carbonyl (C=O) groups excluding carboxylic acids is 1. The third kappa shape index (κ3) is 6.20.